The molecule has 0 aromatic heterocycles. The highest BCUT2D eigenvalue weighted by molar-refractivity contribution is 7.85. The van der Waals surface area contributed by atoms with Gasteiger partial charge in [0.1, 0.15) is 5.82 Å². The fourth-order valence-electron chi connectivity index (χ4n) is 3.00. The van der Waals surface area contributed by atoms with E-state index < -0.39 is 16.6 Å². The summed E-state index contributed by atoms with van der Waals surface area (Å²) in [4.78, 5) is 0.257. The van der Waals surface area contributed by atoms with Gasteiger partial charge in [-0.1, -0.05) is 24.3 Å². The van der Waals surface area contributed by atoms with Gasteiger partial charge < -0.3 is 5.73 Å². The van der Waals surface area contributed by atoms with Crippen LogP contribution >= 0.6 is 0 Å². The van der Waals surface area contributed by atoms with E-state index in [2.05, 4.69) is 12.1 Å². The molecule has 0 heterocycles. The van der Waals surface area contributed by atoms with Crippen molar-refractivity contribution in [1.82, 2.24) is 0 Å². The predicted molar refractivity (Wildman–Crippen MR) is 84.2 cm³/mol. The molecule has 2 nitrogen and oxygen atoms in total. The minimum Gasteiger partial charge on any atom is -0.399 e. The van der Waals surface area contributed by atoms with Crippen LogP contribution in [-0.2, 0) is 17.2 Å². The first-order valence-electron chi connectivity index (χ1n) is 7.16. The first kappa shape index (κ1) is 14.3. The summed E-state index contributed by atoms with van der Waals surface area (Å²) in [6, 6.07) is 12.7. The standard InChI is InChI=1S/C17H18FNOS/c18-16-10-14(19)8-9-17(16)21(20)11-13-6-3-5-12-4-1-2-7-15(12)13/h1-2,4,7-10,13H,3,5-6,11,19H2. The van der Waals surface area contributed by atoms with Gasteiger partial charge in [-0.15, -0.1) is 0 Å². The maximum Gasteiger partial charge on any atom is 0.141 e. The number of benzene rings is 2. The Kier molecular flexibility index (Phi) is 4.06. The van der Waals surface area contributed by atoms with Gasteiger partial charge in [-0.05, 0) is 54.5 Å². The van der Waals surface area contributed by atoms with Crippen LogP contribution in [0.2, 0.25) is 0 Å². The molecular weight excluding hydrogens is 285 g/mol. The minimum atomic E-state index is -1.34. The van der Waals surface area contributed by atoms with Crippen molar-refractivity contribution < 1.29 is 8.60 Å². The van der Waals surface area contributed by atoms with Crippen molar-refractivity contribution in [2.45, 2.75) is 30.1 Å². The molecule has 2 N–H and O–H groups in total. The lowest BCUT2D eigenvalue weighted by molar-refractivity contribution is 0.579. The van der Waals surface area contributed by atoms with Gasteiger partial charge >= 0.3 is 0 Å². The monoisotopic (exact) mass is 303 g/mol. The Morgan fingerprint density at radius 3 is 2.86 bits per heavy atom. The van der Waals surface area contributed by atoms with Crippen molar-refractivity contribution >= 4 is 16.5 Å². The van der Waals surface area contributed by atoms with E-state index >= 15 is 0 Å². The first-order chi connectivity index (χ1) is 10.1. The predicted octanol–water partition coefficient (Wildman–Crippen LogP) is 3.64. The molecule has 110 valence electrons. The van der Waals surface area contributed by atoms with E-state index in [0.29, 0.717) is 11.4 Å². The van der Waals surface area contributed by atoms with E-state index in [1.54, 1.807) is 6.07 Å². The van der Waals surface area contributed by atoms with Crippen molar-refractivity contribution in [3.8, 4) is 0 Å². The van der Waals surface area contributed by atoms with Crippen LogP contribution in [0.4, 0.5) is 10.1 Å². The molecule has 0 fully saturated rings. The average Bonchev–Trinajstić information content (AvgIpc) is 2.47. The van der Waals surface area contributed by atoms with Crippen LogP contribution in [0.5, 0.6) is 0 Å². The van der Waals surface area contributed by atoms with Gasteiger partial charge in [-0.2, -0.15) is 0 Å². The lowest BCUT2D eigenvalue weighted by Gasteiger charge is -2.25. The zero-order valence-electron chi connectivity index (χ0n) is 11.7. The van der Waals surface area contributed by atoms with Crippen LogP contribution in [0.25, 0.3) is 0 Å². The van der Waals surface area contributed by atoms with Crippen LogP contribution in [0.3, 0.4) is 0 Å². The molecular formula is C17H18FNOS. The topological polar surface area (TPSA) is 43.1 Å². The van der Waals surface area contributed by atoms with E-state index in [-0.39, 0.29) is 10.8 Å². The molecule has 1 aliphatic rings. The Balaban J connectivity index is 1.83. The third-order valence-electron chi connectivity index (χ3n) is 4.05. The molecule has 0 saturated carbocycles. The smallest absolute Gasteiger partial charge is 0.141 e. The Morgan fingerprint density at radius 2 is 2.05 bits per heavy atom. The molecule has 2 atom stereocenters. The summed E-state index contributed by atoms with van der Waals surface area (Å²) in [6.45, 7) is 0. The van der Waals surface area contributed by atoms with Gasteiger partial charge in [0, 0.05) is 11.4 Å². The Bertz CT molecular complexity index is 686. The second-order valence-electron chi connectivity index (χ2n) is 5.49. The SMILES string of the molecule is Nc1ccc(S(=O)CC2CCCc3ccccc32)c(F)c1. The summed E-state index contributed by atoms with van der Waals surface area (Å²) < 4.78 is 26.4. The van der Waals surface area contributed by atoms with Crippen LogP contribution < -0.4 is 5.73 Å². The van der Waals surface area contributed by atoms with Gasteiger partial charge in [0.05, 0.1) is 15.7 Å². The molecule has 0 aliphatic heterocycles. The fraction of sp³-hybridized carbons (Fsp3) is 0.294. The minimum absolute atomic E-state index is 0.243. The van der Waals surface area contributed by atoms with Crippen molar-refractivity contribution in [3.63, 3.8) is 0 Å². The van der Waals surface area contributed by atoms with Crippen LogP contribution in [0.15, 0.2) is 47.4 Å². The maximum atomic E-state index is 13.9. The van der Waals surface area contributed by atoms with E-state index in [4.69, 9.17) is 5.73 Å². The fourth-order valence-corrected chi connectivity index (χ4v) is 4.39. The Labute approximate surface area is 126 Å². The summed E-state index contributed by atoms with van der Waals surface area (Å²) in [6.07, 6.45) is 3.19. The molecule has 21 heavy (non-hydrogen) atoms. The summed E-state index contributed by atoms with van der Waals surface area (Å²) in [7, 11) is -1.34. The molecule has 0 bridgehead atoms. The summed E-state index contributed by atoms with van der Waals surface area (Å²) in [5.74, 6) is 0.239. The van der Waals surface area contributed by atoms with Gasteiger partial charge in [-0.3, -0.25) is 4.21 Å². The number of aryl methyl sites for hydroxylation is 1. The molecule has 2 aromatic rings. The molecule has 2 aromatic carbocycles. The van der Waals surface area contributed by atoms with Gasteiger partial charge in [0.15, 0.2) is 0 Å². The van der Waals surface area contributed by atoms with E-state index in [9.17, 15) is 8.60 Å². The summed E-state index contributed by atoms with van der Waals surface area (Å²) in [5.41, 5.74) is 8.50. The summed E-state index contributed by atoms with van der Waals surface area (Å²) >= 11 is 0. The van der Waals surface area contributed by atoms with Crippen LogP contribution in [0, 0.1) is 5.82 Å². The number of halogens is 1. The molecule has 0 spiro atoms. The second-order valence-corrected chi connectivity index (χ2v) is 6.95. The molecule has 0 amide bonds. The quantitative estimate of drug-likeness (QED) is 0.880. The van der Waals surface area contributed by atoms with Crippen LogP contribution in [0.1, 0.15) is 29.9 Å². The normalized spacial score (nSPS) is 19.0. The van der Waals surface area contributed by atoms with Gasteiger partial charge in [0.2, 0.25) is 0 Å². The van der Waals surface area contributed by atoms with Gasteiger partial charge in [-0.25, -0.2) is 4.39 Å². The van der Waals surface area contributed by atoms with Crippen molar-refractivity contribution in [2.24, 2.45) is 0 Å². The largest absolute Gasteiger partial charge is 0.399 e. The molecule has 4 heteroatoms. The van der Waals surface area contributed by atoms with Crippen molar-refractivity contribution in [2.75, 3.05) is 11.5 Å². The van der Waals surface area contributed by atoms with E-state index in [1.165, 1.54) is 23.3 Å². The van der Waals surface area contributed by atoms with Gasteiger partial charge in [0.25, 0.3) is 0 Å². The lowest BCUT2D eigenvalue weighted by Crippen LogP contribution is -2.16. The van der Waals surface area contributed by atoms with E-state index in [1.807, 2.05) is 12.1 Å². The number of rotatable bonds is 3. The maximum absolute atomic E-state index is 13.9. The van der Waals surface area contributed by atoms with Crippen molar-refractivity contribution in [3.05, 3.63) is 59.4 Å². The molecule has 0 radical (unpaired) electrons. The highest BCUT2D eigenvalue weighted by atomic mass is 32.2. The number of hydrogen-bond donors (Lipinski definition) is 1. The Hall–Kier alpha value is -1.68. The lowest BCUT2D eigenvalue weighted by atomic mass is 9.84. The number of anilines is 1. The zero-order chi connectivity index (χ0) is 14.8. The second kappa shape index (κ2) is 5.98. The Morgan fingerprint density at radius 1 is 1.24 bits per heavy atom. The molecule has 2 unspecified atom stereocenters. The zero-order valence-corrected chi connectivity index (χ0v) is 12.5. The highest BCUT2D eigenvalue weighted by Crippen LogP contribution is 2.33. The third kappa shape index (κ3) is 3.00. The number of fused-ring (bicyclic) bond motifs is 1. The van der Waals surface area contributed by atoms with E-state index in [0.717, 1.165) is 19.3 Å². The highest BCUT2D eigenvalue weighted by Gasteiger charge is 2.23. The van der Waals surface area contributed by atoms with Crippen molar-refractivity contribution in [1.29, 1.82) is 0 Å². The molecule has 3 rings (SSSR count). The molecule has 0 saturated heterocycles. The number of nitrogen functional groups attached to an aromatic ring is 1. The number of hydrogen-bond acceptors (Lipinski definition) is 2. The third-order valence-corrected chi connectivity index (χ3v) is 5.57. The average molecular weight is 303 g/mol. The first-order valence-corrected chi connectivity index (χ1v) is 8.48. The molecule has 1 aliphatic carbocycles. The number of nitrogens with two attached hydrogens (primary N) is 1. The summed E-state index contributed by atoms with van der Waals surface area (Å²) in [5, 5.41) is 0. The van der Waals surface area contributed by atoms with Crippen LogP contribution in [-0.4, -0.2) is 9.96 Å².